The first-order valence-electron chi connectivity index (χ1n) is 8.49. The largest absolute Gasteiger partial charge is 0.443 e. The van der Waals surface area contributed by atoms with Gasteiger partial charge in [-0.05, 0) is 5.56 Å². The lowest BCUT2D eigenvalue weighted by Crippen LogP contribution is -2.39. The number of oxazole rings is 1. The fourth-order valence-electron chi connectivity index (χ4n) is 2.35. The molecule has 1 atom stereocenters. The van der Waals surface area contributed by atoms with Gasteiger partial charge in [0.1, 0.15) is 5.76 Å². The molecule has 3 N–H and O–H groups in total. The topological polar surface area (TPSA) is 82.7 Å². The summed E-state index contributed by atoms with van der Waals surface area (Å²) in [6.07, 6.45) is 1.77. The molecule has 7 heteroatoms. The zero-order valence-corrected chi connectivity index (χ0v) is 18.2. The first kappa shape index (κ1) is 22.4. The third-order valence-corrected chi connectivity index (χ3v) is 3.93. The maximum absolute atomic E-state index is 9.63. The molecule has 0 amide bonds. The van der Waals surface area contributed by atoms with Gasteiger partial charge in [-0.2, -0.15) is 0 Å². The van der Waals surface area contributed by atoms with Crippen molar-refractivity contribution in [3.05, 3.63) is 53.7 Å². The van der Waals surface area contributed by atoms with Crippen molar-refractivity contribution in [3.8, 4) is 0 Å². The van der Waals surface area contributed by atoms with Crippen LogP contribution < -0.4 is 10.6 Å². The molecule has 0 fully saturated rings. The van der Waals surface area contributed by atoms with Crippen molar-refractivity contribution in [1.29, 1.82) is 0 Å². The van der Waals surface area contributed by atoms with E-state index < -0.39 is 0 Å². The van der Waals surface area contributed by atoms with Gasteiger partial charge in [0.2, 0.25) is 5.89 Å². The molecule has 6 nitrogen and oxygen atoms in total. The number of aliphatic imine (C=N–C) groups is 1. The number of nitrogens with zero attached hydrogens (tertiary/aromatic N) is 2. The molecule has 2 rings (SSSR count). The molecule has 0 spiro atoms. The molecular weight excluding hydrogens is 443 g/mol. The Labute approximate surface area is 172 Å². The Morgan fingerprint density at radius 2 is 1.92 bits per heavy atom. The zero-order valence-electron chi connectivity index (χ0n) is 15.8. The van der Waals surface area contributed by atoms with Gasteiger partial charge in [-0.3, -0.25) is 4.99 Å². The van der Waals surface area contributed by atoms with Gasteiger partial charge < -0.3 is 20.2 Å². The minimum absolute atomic E-state index is 0. The number of aliphatic hydroxyl groups is 1. The van der Waals surface area contributed by atoms with E-state index in [0.717, 1.165) is 11.3 Å². The highest BCUT2D eigenvalue weighted by molar-refractivity contribution is 14.0. The van der Waals surface area contributed by atoms with Crippen molar-refractivity contribution >= 4 is 29.9 Å². The van der Waals surface area contributed by atoms with Gasteiger partial charge in [-0.15, -0.1) is 24.0 Å². The molecule has 0 bridgehead atoms. The summed E-state index contributed by atoms with van der Waals surface area (Å²) in [4.78, 5) is 8.50. The number of aromatic nitrogens is 1. The Balaban J connectivity index is 0.00000338. The van der Waals surface area contributed by atoms with Gasteiger partial charge in [0, 0.05) is 24.9 Å². The van der Waals surface area contributed by atoms with Gasteiger partial charge in [-0.25, -0.2) is 4.98 Å². The second kappa shape index (κ2) is 10.5. The molecule has 1 heterocycles. The highest BCUT2D eigenvalue weighted by Gasteiger charge is 2.19. The maximum Gasteiger partial charge on any atom is 0.213 e. The smallest absolute Gasteiger partial charge is 0.213 e. The Morgan fingerprint density at radius 3 is 2.46 bits per heavy atom. The normalized spacial score (nSPS) is 13.0. The molecule has 144 valence electrons. The summed E-state index contributed by atoms with van der Waals surface area (Å²) in [5.74, 6) is 2.13. The van der Waals surface area contributed by atoms with Crippen molar-refractivity contribution in [2.75, 3.05) is 20.2 Å². The molecule has 1 unspecified atom stereocenters. The fraction of sp³-hybridized carbons (Fsp3) is 0.474. The first-order valence-corrected chi connectivity index (χ1v) is 8.49. The SMILES string of the molecule is CN=C(NCc1ncc(C(C)(C)C)o1)NCC(CO)c1ccccc1.I. The number of benzene rings is 1. The lowest BCUT2D eigenvalue weighted by molar-refractivity contribution is 0.265. The number of hydrogen-bond donors (Lipinski definition) is 3. The van der Waals surface area contributed by atoms with E-state index in [4.69, 9.17) is 4.42 Å². The second-order valence-electron chi connectivity index (χ2n) is 6.97. The summed E-state index contributed by atoms with van der Waals surface area (Å²) in [5.41, 5.74) is 1.03. The van der Waals surface area contributed by atoms with Crippen LogP contribution in [0.2, 0.25) is 0 Å². The lowest BCUT2D eigenvalue weighted by Gasteiger charge is -2.17. The van der Waals surface area contributed by atoms with Crippen LogP contribution >= 0.6 is 24.0 Å². The Bertz CT molecular complexity index is 680. The molecule has 0 aliphatic rings. The van der Waals surface area contributed by atoms with Crippen LogP contribution in [0.3, 0.4) is 0 Å². The zero-order chi connectivity index (χ0) is 18.3. The van der Waals surface area contributed by atoms with Crippen LogP contribution in [-0.2, 0) is 12.0 Å². The molecule has 0 radical (unpaired) electrons. The number of halogens is 1. The van der Waals surface area contributed by atoms with E-state index in [9.17, 15) is 5.11 Å². The summed E-state index contributed by atoms with van der Waals surface area (Å²) < 4.78 is 5.76. The van der Waals surface area contributed by atoms with Gasteiger partial charge in [-0.1, -0.05) is 51.1 Å². The maximum atomic E-state index is 9.63. The number of hydrogen-bond acceptors (Lipinski definition) is 4. The predicted molar refractivity (Wildman–Crippen MR) is 115 cm³/mol. The van der Waals surface area contributed by atoms with Crippen molar-refractivity contribution in [2.45, 2.75) is 38.6 Å². The molecular formula is C19H29IN4O2. The third kappa shape index (κ3) is 6.60. The lowest BCUT2D eigenvalue weighted by atomic mass is 9.94. The van der Waals surface area contributed by atoms with E-state index in [1.807, 2.05) is 30.3 Å². The van der Waals surface area contributed by atoms with Crippen molar-refractivity contribution in [2.24, 2.45) is 4.99 Å². The van der Waals surface area contributed by atoms with E-state index in [1.54, 1.807) is 13.2 Å². The van der Waals surface area contributed by atoms with E-state index in [1.165, 1.54) is 0 Å². The van der Waals surface area contributed by atoms with Crippen molar-refractivity contribution in [3.63, 3.8) is 0 Å². The van der Waals surface area contributed by atoms with Gasteiger partial charge in [0.25, 0.3) is 0 Å². The van der Waals surface area contributed by atoms with Gasteiger partial charge >= 0.3 is 0 Å². The monoisotopic (exact) mass is 472 g/mol. The highest BCUT2D eigenvalue weighted by Crippen LogP contribution is 2.22. The van der Waals surface area contributed by atoms with Crippen LogP contribution in [-0.4, -0.2) is 36.2 Å². The Hall–Kier alpha value is -1.61. The highest BCUT2D eigenvalue weighted by atomic mass is 127. The Kier molecular flexibility index (Phi) is 9.07. The fourth-order valence-corrected chi connectivity index (χ4v) is 2.35. The number of aliphatic hydroxyl groups excluding tert-OH is 1. The summed E-state index contributed by atoms with van der Waals surface area (Å²) in [6.45, 7) is 7.37. The average molecular weight is 472 g/mol. The predicted octanol–water partition coefficient (Wildman–Crippen LogP) is 3.03. The minimum atomic E-state index is -0.0603. The number of rotatable bonds is 6. The van der Waals surface area contributed by atoms with Crippen LogP contribution in [0.15, 0.2) is 45.9 Å². The summed E-state index contributed by atoms with van der Waals surface area (Å²) in [5, 5.41) is 16.0. The van der Waals surface area contributed by atoms with Gasteiger partial charge in [0.05, 0.1) is 19.3 Å². The number of nitrogens with one attached hydrogen (secondary N) is 2. The van der Waals surface area contributed by atoms with Gasteiger partial charge in [0.15, 0.2) is 5.96 Å². The molecule has 0 saturated heterocycles. The second-order valence-corrected chi connectivity index (χ2v) is 6.97. The standard InChI is InChI=1S/C19H28N4O2.HI/c1-19(2,3)16-11-21-17(25-16)12-23-18(20-4)22-10-15(13-24)14-8-6-5-7-9-14;/h5-9,11,15,24H,10,12-13H2,1-4H3,(H2,20,22,23);1H. The van der Waals surface area contributed by atoms with Crippen molar-refractivity contribution in [1.82, 2.24) is 15.6 Å². The van der Waals surface area contributed by atoms with Crippen LogP contribution in [0.4, 0.5) is 0 Å². The molecule has 2 aromatic rings. The van der Waals surface area contributed by atoms with E-state index in [2.05, 4.69) is 41.4 Å². The number of guanidine groups is 1. The summed E-state index contributed by atoms with van der Waals surface area (Å²) in [7, 11) is 1.71. The summed E-state index contributed by atoms with van der Waals surface area (Å²) in [6, 6.07) is 9.94. The van der Waals surface area contributed by atoms with E-state index >= 15 is 0 Å². The van der Waals surface area contributed by atoms with Crippen LogP contribution in [0.5, 0.6) is 0 Å². The molecule has 0 aliphatic carbocycles. The van der Waals surface area contributed by atoms with Crippen LogP contribution in [0.25, 0.3) is 0 Å². The minimum Gasteiger partial charge on any atom is -0.443 e. The third-order valence-electron chi connectivity index (χ3n) is 3.93. The molecule has 26 heavy (non-hydrogen) atoms. The first-order chi connectivity index (χ1) is 11.9. The molecule has 1 aromatic carbocycles. The van der Waals surface area contributed by atoms with Crippen LogP contribution in [0, 0.1) is 0 Å². The summed E-state index contributed by atoms with van der Waals surface area (Å²) >= 11 is 0. The van der Waals surface area contributed by atoms with E-state index in [-0.39, 0.29) is 41.9 Å². The van der Waals surface area contributed by atoms with E-state index in [0.29, 0.717) is 24.9 Å². The Morgan fingerprint density at radius 1 is 1.23 bits per heavy atom. The van der Waals surface area contributed by atoms with Crippen molar-refractivity contribution < 1.29 is 9.52 Å². The quantitative estimate of drug-likeness (QED) is 0.342. The van der Waals surface area contributed by atoms with Crippen LogP contribution in [0.1, 0.15) is 43.9 Å². The molecule has 0 saturated carbocycles. The molecule has 0 aliphatic heterocycles. The average Bonchev–Trinajstić information content (AvgIpc) is 3.08. The molecule has 1 aromatic heterocycles.